The molecule has 46 heavy (non-hydrogen) atoms. The van der Waals surface area contributed by atoms with E-state index < -0.39 is 6.10 Å². The molecule has 260 valence electrons. The number of aliphatic hydroxyl groups excluding tert-OH is 2. The molecule has 0 aliphatic heterocycles. The highest BCUT2D eigenvalue weighted by Crippen LogP contribution is 2.13. The number of likely N-dealkylation sites (N-methyl/N-ethyl adjacent to an activating group) is 1. The number of rotatable bonds is 17. The lowest BCUT2D eigenvalue weighted by Gasteiger charge is -2.31. The van der Waals surface area contributed by atoms with E-state index in [1.54, 1.807) is 32.4 Å². The van der Waals surface area contributed by atoms with Crippen molar-refractivity contribution in [1.82, 2.24) is 10.6 Å². The van der Waals surface area contributed by atoms with Crippen molar-refractivity contribution in [2.75, 3.05) is 88.8 Å². The molecule has 0 radical (unpaired) electrons. The van der Waals surface area contributed by atoms with Crippen LogP contribution in [0.25, 0.3) is 12.2 Å². The SMILES string of the molecule is COc1ccc(/C=C/C(=O)NCCC[N+](C)(C)C)cc1.COc1ccc(/C=C/C(=O)NCCC[N+](C)(C)CC(O)CO)cc1.[Cl-].[Cl-]. The third-order valence-corrected chi connectivity index (χ3v) is 6.55. The van der Waals surface area contributed by atoms with Crippen LogP contribution in [0.4, 0.5) is 0 Å². The standard InChI is InChI=1S/C18H28N2O4.C16H24N2O2.2ClH/c1-20(2,13-16(22)14-21)12-4-11-19-18(23)10-7-15-5-8-17(24-3)9-6-15;1-18(2,3)13-5-12-17-16(19)11-8-14-6-9-15(20-4)10-7-14;;/h5-10,16,21-22H,4,11-14H2,1-3H3;6-11H,5,12-13H2,1-4H3;2*1H/b10-7+;11-8+;;. The van der Waals surface area contributed by atoms with Crippen LogP contribution in [-0.2, 0) is 9.59 Å². The van der Waals surface area contributed by atoms with Crippen molar-refractivity contribution in [3.8, 4) is 11.5 Å². The zero-order valence-corrected chi connectivity index (χ0v) is 29.9. The summed E-state index contributed by atoms with van der Waals surface area (Å²) in [6.07, 6.45) is 7.70. The Morgan fingerprint density at radius 3 is 1.48 bits per heavy atom. The highest BCUT2D eigenvalue weighted by Gasteiger charge is 2.19. The number of ether oxygens (including phenoxy) is 2. The number of halogens is 2. The third-order valence-electron chi connectivity index (χ3n) is 6.55. The van der Waals surface area contributed by atoms with Gasteiger partial charge in [0.25, 0.3) is 0 Å². The van der Waals surface area contributed by atoms with Gasteiger partial charge in [-0.15, -0.1) is 0 Å². The van der Waals surface area contributed by atoms with Crippen LogP contribution in [0.1, 0.15) is 24.0 Å². The van der Waals surface area contributed by atoms with Gasteiger partial charge < -0.3 is 64.1 Å². The quantitative estimate of drug-likeness (QED) is 0.0784. The van der Waals surface area contributed by atoms with E-state index in [1.165, 1.54) is 6.08 Å². The molecule has 4 N–H and O–H groups in total. The number of carbonyl (C=O) groups is 2. The van der Waals surface area contributed by atoms with Crippen LogP contribution < -0.4 is 44.9 Å². The van der Waals surface area contributed by atoms with E-state index in [1.807, 2.05) is 62.6 Å². The first-order valence-corrected chi connectivity index (χ1v) is 14.9. The average Bonchev–Trinajstić information content (AvgIpc) is 2.99. The molecule has 0 aliphatic rings. The summed E-state index contributed by atoms with van der Waals surface area (Å²) in [7, 11) is 13.7. The van der Waals surface area contributed by atoms with Gasteiger partial charge in [0.1, 0.15) is 24.1 Å². The number of nitrogens with zero attached hydrogens (tertiary/aromatic N) is 2. The molecule has 2 rings (SSSR count). The molecule has 2 aromatic rings. The molecule has 0 aromatic heterocycles. The molecule has 2 aromatic carbocycles. The van der Waals surface area contributed by atoms with Crippen molar-refractivity contribution in [2.24, 2.45) is 0 Å². The van der Waals surface area contributed by atoms with Crippen LogP contribution in [0.15, 0.2) is 60.7 Å². The van der Waals surface area contributed by atoms with Gasteiger partial charge in [-0.25, -0.2) is 0 Å². The molecule has 12 heteroatoms. The molecule has 0 heterocycles. The average molecular weight is 686 g/mol. The second-order valence-electron chi connectivity index (χ2n) is 12.2. The van der Waals surface area contributed by atoms with Crippen molar-refractivity contribution in [3.05, 3.63) is 71.8 Å². The number of methoxy groups -OCH3 is 2. The van der Waals surface area contributed by atoms with E-state index in [0.29, 0.717) is 24.1 Å². The Kier molecular flexibility index (Phi) is 23.6. The minimum Gasteiger partial charge on any atom is -1.00 e. The van der Waals surface area contributed by atoms with Crippen LogP contribution >= 0.6 is 0 Å². The second kappa shape index (κ2) is 24.1. The van der Waals surface area contributed by atoms with Gasteiger partial charge in [0.2, 0.25) is 11.8 Å². The zero-order chi connectivity index (χ0) is 33.0. The second-order valence-corrected chi connectivity index (χ2v) is 12.2. The molecule has 2 amide bonds. The Bertz CT molecular complexity index is 1170. The number of benzene rings is 2. The lowest BCUT2D eigenvalue weighted by atomic mass is 10.2. The van der Waals surface area contributed by atoms with Crippen molar-refractivity contribution >= 4 is 24.0 Å². The first-order chi connectivity index (χ1) is 20.8. The zero-order valence-electron chi connectivity index (χ0n) is 28.3. The van der Waals surface area contributed by atoms with E-state index in [4.69, 9.17) is 14.6 Å². The van der Waals surface area contributed by atoms with Crippen molar-refractivity contribution in [1.29, 1.82) is 0 Å². The van der Waals surface area contributed by atoms with Crippen LogP contribution in [0.2, 0.25) is 0 Å². The predicted molar refractivity (Wildman–Crippen MR) is 177 cm³/mol. The largest absolute Gasteiger partial charge is 1.00 e. The summed E-state index contributed by atoms with van der Waals surface area (Å²) < 4.78 is 11.7. The molecule has 0 bridgehead atoms. The Hall–Kier alpha value is -3.12. The molecule has 10 nitrogen and oxygen atoms in total. The Morgan fingerprint density at radius 2 is 1.13 bits per heavy atom. The van der Waals surface area contributed by atoms with Gasteiger partial charge in [-0.2, -0.15) is 0 Å². The van der Waals surface area contributed by atoms with E-state index in [2.05, 4.69) is 31.8 Å². The fraction of sp³-hybridized carbons (Fsp3) is 0.471. The Morgan fingerprint density at radius 1 is 0.739 bits per heavy atom. The monoisotopic (exact) mass is 684 g/mol. The first kappa shape index (κ1) is 45.0. The molecule has 0 aliphatic carbocycles. The minimum absolute atomic E-state index is 0. The maximum atomic E-state index is 11.8. The predicted octanol–water partition coefficient (Wildman–Crippen LogP) is -3.43. The molecule has 0 saturated heterocycles. The summed E-state index contributed by atoms with van der Waals surface area (Å²) in [6, 6.07) is 15.0. The van der Waals surface area contributed by atoms with E-state index in [0.717, 1.165) is 53.0 Å². The molecule has 1 unspecified atom stereocenters. The number of hydrogen-bond acceptors (Lipinski definition) is 6. The number of hydrogen-bond donors (Lipinski definition) is 4. The number of nitrogens with one attached hydrogen (secondary N) is 2. The van der Waals surface area contributed by atoms with Gasteiger partial charge in [0.15, 0.2) is 0 Å². The molecule has 0 fully saturated rings. The smallest absolute Gasteiger partial charge is 0.244 e. The van der Waals surface area contributed by atoms with Crippen molar-refractivity contribution in [2.45, 2.75) is 18.9 Å². The van der Waals surface area contributed by atoms with Crippen molar-refractivity contribution in [3.63, 3.8) is 0 Å². The molecular weight excluding hydrogens is 631 g/mol. The van der Waals surface area contributed by atoms with Gasteiger partial charge in [0.05, 0.1) is 69.2 Å². The first-order valence-electron chi connectivity index (χ1n) is 14.9. The van der Waals surface area contributed by atoms with Gasteiger partial charge in [0, 0.05) is 38.1 Å². The van der Waals surface area contributed by atoms with Gasteiger partial charge in [-0.1, -0.05) is 24.3 Å². The summed E-state index contributed by atoms with van der Waals surface area (Å²) in [6.45, 7) is 3.39. The lowest BCUT2D eigenvalue weighted by molar-refractivity contribution is -0.893. The molecule has 1 atom stereocenters. The molecule has 0 saturated carbocycles. The van der Waals surface area contributed by atoms with Gasteiger partial charge in [-0.3, -0.25) is 9.59 Å². The molecular formula is C34H54Cl2N4O6. The van der Waals surface area contributed by atoms with Crippen LogP contribution in [0, 0.1) is 0 Å². The third kappa shape index (κ3) is 22.4. The highest BCUT2D eigenvalue weighted by atomic mass is 35.5. The summed E-state index contributed by atoms with van der Waals surface area (Å²) in [5, 5.41) is 24.1. The topological polar surface area (TPSA) is 117 Å². The van der Waals surface area contributed by atoms with Crippen molar-refractivity contribution < 1.29 is 63.1 Å². The van der Waals surface area contributed by atoms with Gasteiger partial charge in [-0.05, 0) is 47.5 Å². The van der Waals surface area contributed by atoms with Crippen LogP contribution in [0.5, 0.6) is 11.5 Å². The summed E-state index contributed by atoms with van der Waals surface area (Å²) in [4.78, 5) is 23.4. The Labute approximate surface area is 288 Å². The van der Waals surface area contributed by atoms with Gasteiger partial charge >= 0.3 is 0 Å². The van der Waals surface area contributed by atoms with Crippen LogP contribution in [0.3, 0.4) is 0 Å². The lowest BCUT2D eigenvalue weighted by Crippen LogP contribution is -3.00. The minimum atomic E-state index is -0.706. The number of amides is 2. The maximum Gasteiger partial charge on any atom is 0.244 e. The Balaban J connectivity index is 0. The van der Waals surface area contributed by atoms with E-state index in [9.17, 15) is 14.7 Å². The molecule has 0 spiro atoms. The van der Waals surface area contributed by atoms with E-state index in [-0.39, 0.29) is 43.2 Å². The number of carbonyl (C=O) groups excluding carboxylic acids is 2. The number of aliphatic hydroxyl groups is 2. The summed E-state index contributed by atoms with van der Waals surface area (Å²) >= 11 is 0. The highest BCUT2D eigenvalue weighted by molar-refractivity contribution is 5.92. The normalized spacial score (nSPS) is 11.8. The number of quaternary nitrogens is 2. The summed E-state index contributed by atoms with van der Waals surface area (Å²) in [5.41, 5.74) is 1.91. The maximum absolute atomic E-state index is 11.8. The van der Waals surface area contributed by atoms with Crippen LogP contribution in [-0.4, -0.2) is 126 Å². The summed E-state index contributed by atoms with van der Waals surface area (Å²) in [5.74, 6) is 1.41. The fourth-order valence-corrected chi connectivity index (χ4v) is 4.09. The fourth-order valence-electron chi connectivity index (χ4n) is 4.09. The van der Waals surface area contributed by atoms with E-state index >= 15 is 0 Å².